The van der Waals surface area contributed by atoms with Crippen LogP contribution >= 0.6 is 0 Å². The average molecular weight is 246 g/mol. The van der Waals surface area contributed by atoms with Crippen LogP contribution in [0.25, 0.3) is 0 Å². The second-order valence-electron chi connectivity index (χ2n) is 4.89. The van der Waals surface area contributed by atoms with Crippen LogP contribution in [0.5, 0.6) is 0 Å². The fourth-order valence-electron chi connectivity index (χ4n) is 2.43. The summed E-state index contributed by atoms with van der Waals surface area (Å²) in [5.74, 6) is -0.618. The Morgan fingerprint density at radius 1 is 1.35 bits per heavy atom. The van der Waals surface area contributed by atoms with E-state index in [0.717, 1.165) is 32.6 Å². The van der Waals surface area contributed by atoms with Crippen LogP contribution in [-0.4, -0.2) is 41.3 Å². The number of rotatable bonds is 2. The maximum atomic E-state index is 9.38. The van der Waals surface area contributed by atoms with E-state index >= 15 is 0 Å². The molecule has 2 fully saturated rings. The number of aliphatic hydroxyl groups excluding tert-OH is 1. The highest BCUT2D eigenvalue weighted by Gasteiger charge is 2.36. The second kappa shape index (κ2) is 6.33. The molecule has 0 amide bonds. The van der Waals surface area contributed by atoms with Gasteiger partial charge in [0.05, 0.1) is 19.3 Å². The Kier molecular flexibility index (Phi) is 5.36. The molecule has 0 aromatic carbocycles. The predicted octanol–water partition coefficient (Wildman–Crippen LogP) is 1.39. The molecule has 1 saturated carbocycles. The van der Waals surface area contributed by atoms with Crippen LogP contribution in [0.1, 0.15) is 39.5 Å². The Bertz CT molecular complexity index is 243. The molecule has 17 heavy (non-hydrogen) atoms. The highest BCUT2D eigenvalue weighted by molar-refractivity contribution is 5.62. The van der Waals surface area contributed by atoms with Gasteiger partial charge in [0.1, 0.15) is 0 Å². The number of hydrogen-bond donors (Lipinski definition) is 2. The molecular formula is C12H22O5. The number of carboxylic acids is 1. The van der Waals surface area contributed by atoms with Gasteiger partial charge in [-0.05, 0) is 32.1 Å². The quantitative estimate of drug-likeness (QED) is 0.770. The molecule has 100 valence electrons. The summed E-state index contributed by atoms with van der Waals surface area (Å²) in [6.45, 7) is 4.52. The van der Waals surface area contributed by atoms with Gasteiger partial charge >= 0.3 is 0 Å². The molecule has 2 N–H and O–H groups in total. The van der Waals surface area contributed by atoms with Crippen LogP contribution in [-0.2, 0) is 14.3 Å². The molecule has 5 nitrogen and oxygen atoms in total. The van der Waals surface area contributed by atoms with Crippen molar-refractivity contribution in [2.24, 2.45) is 5.92 Å². The molecular weight excluding hydrogens is 224 g/mol. The number of carbonyl (C=O) groups is 1. The van der Waals surface area contributed by atoms with Crippen molar-refractivity contribution in [2.45, 2.75) is 51.4 Å². The minimum atomic E-state index is -0.833. The normalized spacial score (nSPS) is 30.8. The lowest BCUT2D eigenvalue weighted by Gasteiger charge is -2.25. The molecule has 0 bridgehead atoms. The zero-order valence-corrected chi connectivity index (χ0v) is 10.5. The van der Waals surface area contributed by atoms with Gasteiger partial charge in [-0.15, -0.1) is 0 Å². The third-order valence-electron chi connectivity index (χ3n) is 3.07. The molecule has 5 heteroatoms. The van der Waals surface area contributed by atoms with E-state index in [1.54, 1.807) is 0 Å². The molecule has 1 saturated heterocycles. The van der Waals surface area contributed by atoms with Crippen LogP contribution in [0, 0.1) is 5.92 Å². The summed E-state index contributed by atoms with van der Waals surface area (Å²) in [4.78, 5) is 9.00. The molecule has 2 atom stereocenters. The lowest BCUT2D eigenvalue weighted by molar-refractivity contribution is -0.154. The van der Waals surface area contributed by atoms with Crippen LogP contribution in [0.2, 0.25) is 0 Å². The number of hydrogen-bond acceptors (Lipinski definition) is 4. The lowest BCUT2D eigenvalue weighted by Crippen LogP contribution is -2.28. The van der Waals surface area contributed by atoms with E-state index in [9.17, 15) is 5.11 Å². The van der Waals surface area contributed by atoms with E-state index in [1.807, 2.05) is 6.92 Å². The highest BCUT2D eigenvalue weighted by atomic mass is 16.7. The third-order valence-corrected chi connectivity index (χ3v) is 3.07. The molecule has 2 rings (SSSR count). The smallest absolute Gasteiger partial charge is 0.300 e. The summed E-state index contributed by atoms with van der Waals surface area (Å²) in [6.07, 6.45) is 3.83. The van der Waals surface area contributed by atoms with Gasteiger partial charge in [-0.25, -0.2) is 0 Å². The molecule has 1 heterocycles. The third kappa shape index (κ3) is 5.48. The van der Waals surface area contributed by atoms with Gasteiger partial charge in [0.2, 0.25) is 0 Å². The standard InChI is InChI=1S/C10H18O3.C2H4O2/c1-10(12-4-5-13-10)7-8-2-3-9(11)6-8;1-2(3)4/h8-9,11H,2-7H2,1H3;1H3,(H,3,4). The minimum Gasteiger partial charge on any atom is -0.481 e. The van der Waals surface area contributed by atoms with E-state index in [0.29, 0.717) is 19.1 Å². The minimum absolute atomic E-state index is 0.0880. The molecule has 0 spiro atoms. The van der Waals surface area contributed by atoms with Crippen molar-refractivity contribution in [1.29, 1.82) is 0 Å². The first-order chi connectivity index (χ1) is 7.91. The van der Waals surface area contributed by atoms with Crippen molar-refractivity contribution in [3.05, 3.63) is 0 Å². The molecule has 0 aromatic rings. The summed E-state index contributed by atoms with van der Waals surface area (Å²) in [5, 5.41) is 16.8. The number of ether oxygens (including phenoxy) is 2. The van der Waals surface area contributed by atoms with E-state index in [1.165, 1.54) is 0 Å². The summed E-state index contributed by atoms with van der Waals surface area (Å²) in [5.41, 5.74) is 0. The topological polar surface area (TPSA) is 76.0 Å². The van der Waals surface area contributed by atoms with E-state index < -0.39 is 5.97 Å². The Morgan fingerprint density at radius 2 is 1.88 bits per heavy atom. The largest absolute Gasteiger partial charge is 0.481 e. The molecule has 1 aliphatic heterocycles. The van der Waals surface area contributed by atoms with Crippen molar-refractivity contribution in [1.82, 2.24) is 0 Å². The summed E-state index contributed by atoms with van der Waals surface area (Å²) >= 11 is 0. The zero-order valence-electron chi connectivity index (χ0n) is 10.5. The maximum absolute atomic E-state index is 9.38. The van der Waals surface area contributed by atoms with Gasteiger partial charge in [0, 0.05) is 13.3 Å². The summed E-state index contributed by atoms with van der Waals surface area (Å²) < 4.78 is 11.1. The van der Waals surface area contributed by atoms with Crippen molar-refractivity contribution >= 4 is 5.97 Å². The molecule has 2 aliphatic rings. The van der Waals surface area contributed by atoms with E-state index in [4.69, 9.17) is 19.4 Å². The molecule has 0 aromatic heterocycles. The predicted molar refractivity (Wildman–Crippen MR) is 61.6 cm³/mol. The van der Waals surface area contributed by atoms with Crippen molar-refractivity contribution in [3.8, 4) is 0 Å². The Hall–Kier alpha value is -0.650. The first-order valence-electron chi connectivity index (χ1n) is 6.07. The highest BCUT2D eigenvalue weighted by Crippen LogP contribution is 2.35. The average Bonchev–Trinajstić information content (AvgIpc) is 2.75. The van der Waals surface area contributed by atoms with Gasteiger partial charge in [-0.3, -0.25) is 4.79 Å². The fraction of sp³-hybridized carbons (Fsp3) is 0.917. The molecule has 1 aliphatic carbocycles. The van der Waals surface area contributed by atoms with Crippen LogP contribution in [0.3, 0.4) is 0 Å². The summed E-state index contributed by atoms with van der Waals surface area (Å²) in [7, 11) is 0. The van der Waals surface area contributed by atoms with Gasteiger partial charge in [-0.2, -0.15) is 0 Å². The Labute approximate surface area is 102 Å². The van der Waals surface area contributed by atoms with Crippen LogP contribution in [0.4, 0.5) is 0 Å². The Morgan fingerprint density at radius 3 is 2.29 bits per heavy atom. The van der Waals surface area contributed by atoms with Crippen molar-refractivity contribution in [2.75, 3.05) is 13.2 Å². The monoisotopic (exact) mass is 246 g/mol. The SMILES string of the molecule is CC(=O)O.CC1(CC2CCC(O)C2)OCCO1. The van der Waals surface area contributed by atoms with Gasteiger partial charge in [-0.1, -0.05) is 0 Å². The van der Waals surface area contributed by atoms with Crippen LogP contribution < -0.4 is 0 Å². The van der Waals surface area contributed by atoms with Crippen molar-refractivity contribution < 1.29 is 24.5 Å². The fourth-order valence-corrected chi connectivity index (χ4v) is 2.43. The van der Waals surface area contributed by atoms with Crippen molar-refractivity contribution in [3.63, 3.8) is 0 Å². The lowest BCUT2D eigenvalue weighted by atomic mass is 9.98. The van der Waals surface area contributed by atoms with E-state index in [2.05, 4.69) is 0 Å². The maximum Gasteiger partial charge on any atom is 0.300 e. The number of aliphatic hydroxyl groups is 1. The van der Waals surface area contributed by atoms with Crippen LogP contribution in [0.15, 0.2) is 0 Å². The summed E-state index contributed by atoms with van der Waals surface area (Å²) in [6, 6.07) is 0. The van der Waals surface area contributed by atoms with Gasteiger partial charge in [0.15, 0.2) is 5.79 Å². The zero-order chi connectivity index (χ0) is 12.9. The second-order valence-corrected chi connectivity index (χ2v) is 4.89. The van der Waals surface area contributed by atoms with Gasteiger partial charge < -0.3 is 19.7 Å². The number of carboxylic acid groups (broad SMARTS) is 1. The van der Waals surface area contributed by atoms with E-state index in [-0.39, 0.29) is 11.9 Å². The van der Waals surface area contributed by atoms with Gasteiger partial charge in [0.25, 0.3) is 5.97 Å². The first-order valence-corrected chi connectivity index (χ1v) is 6.07. The Balaban J connectivity index is 0.000000317. The molecule has 0 radical (unpaired) electrons. The molecule has 2 unspecified atom stereocenters. The first kappa shape index (κ1) is 14.4. The number of aliphatic carboxylic acids is 1.